The van der Waals surface area contributed by atoms with Gasteiger partial charge in [-0.3, -0.25) is 9.89 Å². The summed E-state index contributed by atoms with van der Waals surface area (Å²) in [6.45, 7) is 3.15. The Morgan fingerprint density at radius 3 is 3.12 bits per heavy atom. The number of rotatable bonds is 4. The fourth-order valence-electron chi connectivity index (χ4n) is 2.95. The van der Waals surface area contributed by atoms with E-state index in [2.05, 4.69) is 20.5 Å². The molecular formula is C16H17FN6O. The molecule has 0 radical (unpaired) electrons. The van der Waals surface area contributed by atoms with Crippen LogP contribution in [0.1, 0.15) is 36.1 Å². The maximum absolute atomic E-state index is 14.1. The van der Waals surface area contributed by atoms with E-state index in [1.807, 2.05) is 11.0 Å². The number of anilines is 1. The number of pyridine rings is 1. The minimum atomic E-state index is -0.488. The van der Waals surface area contributed by atoms with Crippen LogP contribution in [-0.4, -0.2) is 34.2 Å². The largest absolute Gasteiger partial charge is 0.353 e. The van der Waals surface area contributed by atoms with Crippen LogP contribution in [0.2, 0.25) is 0 Å². The third-order valence-electron chi connectivity index (χ3n) is 4.13. The first kappa shape index (κ1) is 15.9. The minimum Gasteiger partial charge on any atom is -0.353 e. The molecule has 1 fully saturated rings. The molecular weight excluding hydrogens is 311 g/mol. The predicted octanol–water partition coefficient (Wildman–Crippen LogP) is 1.45. The van der Waals surface area contributed by atoms with Gasteiger partial charge in [-0.25, -0.2) is 9.37 Å². The van der Waals surface area contributed by atoms with Crippen molar-refractivity contribution in [2.45, 2.75) is 25.8 Å². The fraction of sp³-hybridized carbons (Fsp3) is 0.375. The third-order valence-corrected chi connectivity index (χ3v) is 4.13. The van der Waals surface area contributed by atoms with Crippen molar-refractivity contribution in [3.8, 4) is 6.07 Å². The van der Waals surface area contributed by atoms with E-state index >= 15 is 0 Å². The molecule has 0 aromatic carbocycles. The molecule has 1 atom stereocenters. The average Bonchev–Trinajstić information content (AvgIpc) is 3.21. The van der Waals surface area contributed by atoms with Gasteiger partial charge >= 0.3 is 0 Å². The summed E-state index contributed by atoms with van der Waals surface area (Å²) in [5, 5.41) is 18.6. The van der Waals surface area contributed by atoms with Crippen LogP contribution in [0, 0.1) is 17.1 Å². The first-order valence-electron chi connectivity index (χ1n) is 7.65. The minimum absolute atomic E-state index is 0.0981. The van der Waals surface area contributed by atoms with Crippen molar-refractivity contribution in [1.29, 1.82) is 5.26 Å². The van der Waals surface area contributed by atoms with Crippen LogP contribution in [0.15, 0.2) is 18.5 Å². The number of hydrogen-bond acceptors (Lipinski definition) is 5. The number of carbonyl (C=O) groups is 1. The second-order valence-corrected chi connectivity index (χ2v) is 5.79. The van der Waals surface area contributed by atoms with Gasteiger partial charge in [0.2, 0.25) is 5.91 Å². The molecule has 0 aliphatic carbocycles. The molecule has 0 spiro atoms. The Morgan fingerprint density at radius 2 is 2.42 bits per heavy atom. The van der Waals surface area contributed by atoms with Gasteiger partial charge in [0.1, 0.15) is 6.07 Å². The lowest BCUT2D eigenvalue weighted by Crippen LogP contribution is -2.23. The number of nitrogens with one attached hydrogen (secondary N) is 2. The SMILES string of the molecule is CC(=O)NCc1cn[nH]c1C1CCN(c2ncc(C#N)cc2F)C1. The monoisotopic (exact) mass is 328 g/mol. The van der Waals surface area contributed by atoms with E-state index in [-0.39, 0.29) is 23.2 Å². The Labute approximate surface area is 138 Å². The normalized spacial score (nSPS) is 16.9. The number of aromatic nitrogens is 3. The van der Waals surface area contributed by atoms with Crippen LogP contribution in [0.4, 0.5) is 10.2 Å². The van der Waals surface area contributed by atoms with Gasteiger partial charge in [-0.1, -0.05) is 0 Å². The van der Waals surface area contributed by atoms with Crippen molar-refractivity contribution in [3.05, 3.63) is 41.1 Å². The Hall–Kier alpha value is -2.95. The zero-order valence-electron chi connectivity index (χ0n) is 13.2. The Kier molecular flexibility index (Phi) is 4.42. The van der Waals surface area contributed by atoms with Gasteiger partial charge in [0.05, 0.1) is 11.8 Å². The van der Waals surface area contributed by atoms with Crippen LogP contribution >= 0.6 is 0 Å². The molecule has 2 N–H and O–H groups in total. The summed E-state index contributed by atoms with van der Waals surface area (Å²) in [6.07, 6.45) is 3.91. The van der Waals surface area contributed by atoms with Crippen molar-refractivity contribution in [2.24, 2.45) is 0 Å². The highest BCUT2D eigenvalue weighted by molar-refractivity contribution is 5.72. The first-order valence-corrected chi connectivity index (χ1v) is 7.65. The molecule has 8 heteroatoms. The quantitative estimate of drug-likeness (QED) is 0.885. The lowest BCUT2D eigenvalue weighted by Gasteiger charge is -2.18. The zero-order chi connectivity index (χ0) is 17.1. The van der Waals surface area contributed by atoms with E-state index in [1.54, 1.807) is 6.20 Å². The number of amides is 1. The van der Waals surface area contributed by atoms with Crippen molar-refractivity contribution in [2.75, 3.05) is 18.0 Å². The van der Waals surface area contributed by atoms with Gasteiger partial charge in [0, 0.05) is 49.9 Å². The number of aromatic amines is 1. The Balaban J connectivity index is 1.73. The highest BCUT2D eigenvalue weighted by Crippen LogP contribution is 2.31. The molecule has 1 saturated heterocycles. The molecule has 1 amide bonds. The summed E-state index contributed by atoms with van der Waals surface area (Å²) in [7, 11) is 0. The lowest BCUT2D eigenvalue weighted by molar-refractivity contribution is -0.119. The molecule has 124 valence electrons. The molecule has 1 aliphatic heterocycles. The van der Waals surface area contributed by atoms with Crippen LogP contribution in [0.25, 0.3) is 0 Å². The van der Waals surface area contributed by atoms with Gasteiger partial charge in [-0.05, 0) is 12.5 Å². The number of hydrogen-bond donors (Lipinski definition) is 2. The van der Waals surface area contributed by atoms with Crippen molar-refractivity contribution >= 4 is 11.7 Å². The number of H-pyrrole nitrogens is 1. The molecule has 0 saturated carbocycles. The number of nitriles is 1. The number of carbonyl (C=O) groups excluding carboxylic acids is 1. The Bertz CT molecular complexity index is 796. The second-order valence-electron chi connectivity index (χ2n) is 5.79. The molecule has 3 rings (SSSR count). The third kappa shape index (κ3) is 3.20. The molecule has 7 nitrogen and oxygen atoms in total. The van der Waals surface area contributed by atoms with Gasteiger partial charge in [-0.15, -0.1) is 0 Å². The molecule has 24 heavy (non-hydrogen) atoms. The van der Waals surface area contributed by atoms with Crippen LogP contribution in [-0.2, 0) is 11.3 Å². The summed E-state index contributed by atoms with van der Waals surface area (Å²) in [5.41, 5.74) is 2.10. The van der Waals surface area contributed by atoms with E-state index in [4.69, 9.17) is 5.26 Å². The molecule has 0 bridgehead atoms. The predicted molar refractivity (Wildman–Crippen MR) is 84.6 cm³/mol. The lowest BCUT2D eigenvalue weighted by atomic mass is 10.0. The van der Waals surface area contributed by atoms with Crippen molar-refractivity contribution < 1.29 is 9.18 Å². The average molecular weight is 328 g/mol. The summed E-state index contributed by atoms with van der Waals surface area (Å²) in [4.78, 5) is 17.0. The van der Waals surface area contributed by atoms with Crippen molar-refractivity contribution in [3.63, 3.8) is 0 Å². The fourth-order valence-corrected chi connectivity index (χ4v) is 2.95. The molecule has 1 unspecified atom stereocenters. The molecule has 2 aromatic rings. The maximum Gasteiger partial charge on any atom is 0.217 e. The summed E-state index contributed by atoms with van der Waals surface area (Å²) >= 11 is 0. The molecule has 2 aromatic heterocycles. The second kappa shape index (κ2) is 6.66. The molecule has 3 heterocycles. The van der Waals surface area contributed by atoms with Gasteiger partial charge in [0.15, 0.2) is 11.6 Å². The van der Waals surface area contributed by atoms with E-state index < -0.39 is 5.82 Å². The van der Waals surface area contributed by atoms with Gasteiger partial charge in [-0.2, -0.15) is 10.4 Å². The van der Waals surface area contributed by atoms with Gasteiger partial charge < -0.3 is 10.2 Å². The van der Waals surface area contributed by atoms with Crippen LogP contribution in [0.5, 0.6) is 0 Å². The van der Waals surface area contributed by atoms with E-state index in [1.165, 1.54) is 19.2 Å². The maximum atomic E-state index is 14.1. The van der Waals surface area contributed by atoms with Gasteiger partial charge in [0.25, 0.3) is 0 Å². The smallest absolute Gasteiger partial charge is 0.217 e. The highest BCUT2D eigenvalue weighted by atomic mass is 19.1. The number of nitrogens with zero attached hydrogens (tertiary/aromatic N) is 4. The standard InChI is InChI=1S/C16H17FN6O/c1-10(24)19-7-13-8-21-22-15(13)12-2-3-23(9-12)16-14(17)4-11(5-18)6-20-16/h4,6,8,12H,2-3,7,9H2,1H3,(H,19,24)(H,21,22). The van der Waals surface area contributed by atoms with Crippen LogP contribution < -0.4 is 10.2 Å². The Morgan fingerprint density at radius 1 is 1.58 bits per heavy atom. The van der Waals surface area contributed by atoms with E-state index in [0.717, 1.165) is 17.7 Å². The van der Waals surface area contributed by atoms with E-state index in [9.17, 15) is 9.18 Å². The topological polar surface area (TPSA) is 97.7 Å². The van der Waals surface area contributed by atoms with Crippen LogP contribution in [0.3, 0.4) is 0 Å². The summed E-state index contributed by atoms with van der Waals surface area (Å²) < 4.78 is 14.1. The zero-order valence-corrected chi connectivity index (χ0v) is 13.2. The summed E-state index contributed by atoms with van der Waals surface area (Å²) in [5.74, 6) is -0.163. The molecule has 1 aliphatic rings. The number of halogens is 1. The summed E-state index contributed by atoms with van der Waals surface area (Å²) in [6, 6.07) is 3.08. The first-order chi connectivity index (χ1) is 11.6. The highest BCUT2D eigenvalue weighted by Gasteiger charge is 2.29. The van der Waals surface area contributed by atoms with E-state index in [0.29, 0.717) is 19.6 Å². The van der Waals surface area contributed by atoms with Crippen molar-refractivity contribution in [1.82, 2.24) is 20.5 Å².